The smallest absolute Gasteiger partial charge is 0.146 e. The Balaban J connectivity index is 3.25. The molecule has 0 radical (unpaired) electrons. The maximum absolute atomic E-state index is 13.4. The summed E-state index contributed by atoms with van der Waals surface area (Å²) in [5.74, 6) is -0.539. The van der Waals surface area contributed by atoms with Crippen molar-refractivity contribution in [2.75, 3.05) is 6.61 Å². The number of aliphatic hydroxyl groups excluding tert-OH is 1. The van der Waals surface area contributed by atoms with Crippen molar-refractivity contribution in [1.82, 2.24) is 0 Å². The zero-order chi connectivity index (χ0) is 10.0. The second kappa shape index (κ2) is 4.05. The van der Waals surface area contributed by atoms with Gasteiger partial charge in [0.15, 0.2) is 0 Å². The highest BCUT2D eigenvalue weighted by molar-refractivity contribution is 6.30. The van der Waals surface area contributed by atoms with Crippen molar-refractivity contribution in [1.29, 1.82) is 0 Å². The Bertz CT molecular complexity index is 317. The Morgan fingerprint density at radius 1 is 1.62 bits per heavy atom. The summed E-state index contributed by atoms with van der Waals surface area (Å²) in [7, 11) is 0. The van der Waals surface area contributed by atoms with Crippen molar-refractivity contribution in [3.63, 3.8) is 0 Å². The molecule has 1 aromatic carbocycles. The number of hydrogen-bond acceptors (Lipinski definition) is 2. The molecule has 4 heteroatoms. The van der Waals surface area contributed by atoms with E-state index in [0.29, 0.717) is 5.56 Å². The van der Waals surface area contributed by atoms with Gasteiger partial charge >= 0.3 is 0 Å². The van der Waals surface area contributed by atoms with Crippen LogP contribution in [0.1, 0.15) is 17.2 Å². The average molecular weight is 204 g/mol. The molecule has 0 spiro atoms. The Hall–Kier alpha value is -0.640. The first-order chi connectivity index (χ1) is 6.07. The van der Waals surface area contributed by atoms with E-state index in [2.05, 4.69) is 0 Å². The van der Waals surface area contributed by atoms with E-state index in [1.165, 1.54) is 6.07 Å². The summed E-state index contributed by atoms with van der Waals surface area (Å²) < 4.78 is 13.4. The van der Waals surface area contributed by atoms with Crippen LogP contribution in [0.2, 0.25) is 5.02 Å². The lowest BCUT2D eigenvalue weighted by Gasteiger charge is -2.13. The number of aliphatic hydroxyl groups is 1. The maximum atomic E-state index is 13.4. The molecule has 0 aromatic heterocycles. The van der Waals surface area contributed by atoms with Gasteiger partial charge in [-0.3, -0.25) is 0 Å². The van der Waals surface area contributed by atoms with E-state index in [0.717, 1.165) is 0 Å². The first-order valence-corrected chi connectivity index (χ1v) is 4.26. The maximum Gasteiger partial charge on any atom is 0.146 e. The fraction of sp³-hybridized carbons (Fsp3) is 0.333. The monoisotopic (exact) mass is 203 g/mol. The van der Waals surface area contributed by atoms with Crippen LogP contribution in [-0.4, -0.2) is 11.7 Å². The van der Waals surface area contributed by atoms with Gasteiger partial charge in [0.2, 0.25) is 0 Å². The van der Waals surface area contributed by atoms with Crippen LogP contribution in [0.25, 0.3) is 0 Å². The van der Waals surface area contributed by atoms with Crippen LogP contribution in [0.3, 0.4) is 0 Å². The van der Waals surface area contributed by atoms with Gasteiger partial charge in [0.25, 0.3) is 0 Å². The van der Waals surface area contributed by atoms with Gasteiger partial charge in [-0.2, -0.15) is 0 Å². The third-order valence-electron chi connectivity index (χ3n) is 1.92. The van der Waals surface area contributed by atoms with Crippen molar-refractivity contribution in [2.24, 2.45) is 5.73 Å². The molecule has 0 aliphatic rings. The lowest BCUT2D eigenvalue weighted by atomic mass is 10.0. The van der Waals surface area contributed by atoms with Crippen molar-refractivity contribution in [3.8, 4) is 0 Å². The summed E-state index contributed by atoms with van der Waals surface area (Å²) in [4.78, 5) is 0. The van der Waals surface area contributed by atoms with Gasteiger partial charge in [0, 0.05) is 5.56 Å². The first-order valence-electron chi connectivity index (χ1n) is 3.89. The molecule has 3 N–H and O–H groups in total. The summed E-state index contributed by atoms with van der Waals surface area (Å²) in [5, 5.41) is 8.83. The van der Waals surface area contributed by atoms with Gasteiger partial charge in [0.1, 0.15) is 5.82 Å². The number of aryl methyl sites for hydroxylation is 1. The molecular weight excluding hydrogens is 193 g/mol. The SMILES string of the molecule is Cc1ccc(Cl)c(F)c1C(N)CO. The van der Waals surface area contributed by atoms with Gasteiger partial charge in [0.05, 0.1) is 17.7 Å². The molecule has 0 bridgehead atoms. The van der Waals surface area contributed by atoms with Crippen LogP contribution in [0.15, 0.2) is 12.1 Å². The topological polar surface area (TPSA) is 46.2 Å². The Labute approximate surface area is 81.1 Å². The van der Waals surface area contributed by atoms with E-state index in [9.17, 15) is 4.39 Å². The van der Waals surface area contributed by atoms with Crippen LogP contribution in [0.4, 0.5) is 4.39 Å². The number of benzene rings is 1. The summed E-state index contributed by atoms with van der Waals surface area (Å²) in [5.41, 5.74) is 6.50. The molecular formula is C9H11ClFNO. The minimum absolute atomic E-state index is 0.0319. The van der Waals surface area contributed by atoms with Crippen LogP contribution >= 0.6 is 11.6 Å². The fourth-order valence-electron chi connectivity index (χ4n) is 1.21. The van der Waals surface area contributed by atoms with Gasteiger partial charge in [-0.05, 0) is 18.6 Å². The standard InChI is InChI=1S/C9H11ClFNO/c1-5-2-3-6(10)9(11)8(5)7(12)4-13/h2-3,7,13H,4,12H2,1H3. The normalized spacial score (nSPS) is 13.0. The summed E-state index contributed by atoms with van der Waals surface area (Å²) in [6.45, 7) is 1.43. The molecule has 2 nitrogen and oxygen atoms in total. The number of nitrogens with two attached hydrogens (primary N) is 1. The molecule has 1 unspecified atom stereocenters. The minimum Gasteiger partial charge on any atom is -0.394 e. The molecule has 1 aromatic rings. The lowest BCUT2D eigenvalue weighted by molar-refractivity contribution is 0.265. The second-order valence-electron chi connectivity index (χ2n) is 2.88. The minimum atomic E-state index is -0.710. The first kappa shape index (κ1) is 10.4. The van der Waals surface area contributed by atoms with Crippen LogP contribution in [0, 0.1) is 12.7 Å². The molecule has 0 aliphatic heterocycles. The number of halogens is 2. The summed E-state index contributed by atoms with van der Waals surface area (Å²) in [6.07, 6.45) is 0. The molecule has 0 fully saturated rings. The number of rotatable bonds is 2. The van der Waals surface area contributed by atoms with Crippen molar-refractivity contribution >= 4 is 11.6 Å². The van der Waals surface area contributed by atoms with E-state index in [1.54, 1.807) is 13.0 Å². The quantitative estimate of drug-likeness (QED) is 0.770. The fourth-order valence-corrected chi connectivity index (χ4v) is 1.37. The summed E-state index contributed by atoms with van der Waals surface area (Å²) in [6, 6.07) is 2.44. The van der Waals surface area contributed by atoms with Gasteiger partial charge in [-0.15, -0.1) is 0 Å². The zero-order valence-electron chi connectivity index (χ0n) is 7.22. The van der Waals surface area contributed by atoms with Gasteiger partial charge in [-0.1, -0.05) is 17.7 Å². The highest BCUT2D eigenvalue weighted by Crippen LogP contribution is 2.25. The molecule has 13 heavy (non-hydrogen) atoms. The molecule has 0 amide bonds. The largest absolute Gasteiger partial charge is 0.394 e. The van der Waals surface area contributed by atoms with Gasteiger partial charge < -0.3 is 10.8 Å². The zero-order valence-corrected chi connectivity index (χ0v) is 7.98. The Kier molecular flexibility index (Phi) is 3.25. The highest BCUT2D eigenvalue weighted by Gasteiger charge is 2.15. The Morgan fingerprint density at radius 3 is 2.77 bits per heavy atom. The predicted molar refractivity (Wildman–Crippen MR) is 50.2 cm³/mol. The van der Waals surface area contributed by atoms with E-state index in [4.69, 9.17) is 22.4 Å². The molecule has 1 atom stereocenters. The van der Waals surface area contributed by atoms with Crippen LogP contribution in [0.5, 0.6) is 0 Å². The van der Waals surface area contributed by atoms with E-state index < -0.39 is 11.9 Å². The third kappa shape index (κ3) is 1.99. The molecule has 0 saturated carbocycles. The van der Waals surface area contributed by atoms with Crippen LogP contribution < -0.4 is 5.73 Å². The molecule has 72 valence electrons. The van der Waals surface area contributed by atoms with Crippen molar-refractivity contribution in [2.45, 2.75) is 13.0 Å². The lowest BCUT2D eigenvalue weighted by Crippen LogP contribution is -2.17. The summed E-state index contributed by atoms with van der Waals surface area (Å²) >= 11 is 5.57. The second-order valence-corrected chi connectivity index (χ2v) is 3.29. The molecule has 0 saturated heterocycles. The molecule has 0 aliphatic carbocycles. The average Bonchev–Trinajstić information content (AvgIpc) is 2.12. The van der Waals surface area contributed by atoms with Gasteiger partial charge in [-0.25, -0.2) is 4.39 Å². The molecule has 1 rings (SSSR count). The van der Waals surface area contributed by atoms with Crippen molar-refractivity contribution < 1.29 is 9.50 Å². The van der Waals surface area contributed by atoms with Crippen LogP contribution in [-0.2, 0) is 0 Å². The van der Waals surface area contributed by atoms with E-state index in [1.807, 2.05) is 0 Å². The van der Waals surface area contributed by atoms with Crippen molar-refractivity contribution in [3.05, 3.63) is 34.1 Å². The van der Waals surface area contributed by atoms with E-state index >= 15 is 0 Å². The third-order valence-corrected chi connectivity index (χ3v) is 2.21. The highest BCUT2D eigenvalue weighted by atomic mass is 35.5. The Morgan fingerprint density at radius 2 is 2.23 bits per heavy atom. The molecule has 0 heterocycles. The predicted octanol–water partition coefficient (Wildman–Crippen LogP) is 1.78. The number of hydrogen-bond donors (Lipinski definition) is 2. The van der Waals surface area contributed by atoms with E-state index in [-0.39, 0.29) is 17.2 Å².